The second-order valence-corrected chi connectivity index (χ2v) is 6.15. The topological polar surface area (TPSA) is 56.7 Å². The molecule has 19 heavy (non-hydrogen) atoms. The lowest BCUT2D eigenvalue weighted by atomic mass is 10.00. The minimum Gasteiger partial charge on any atom is -0.323 e. The molecule has 2 unspecified atom stereocenters. The number of thioether (sulfide) groups is 1. The molecule has 5 heteroatoms. The van der Waals surface area contributed by atoms with E-state index in [0.717, 1.165) is 18.0 Å². The summed E-state index contributed by atoms with van der Waals surface area (Å²) in [5.41, 5.74) is 9.17. The standard InChI is InChI=1S/C14H18N4S/c1-18-14(16-9-17-18)19-12-8-4-6-10-5-2-3-7-11(10)13(12)15/h2-3,5,7,9,12-13H,4,6,8,15H2,1H3. The third-order valence-corrected chi connectivity index (χ3v) is 5.09. The highest BCUT2D eigenvalue weighted by molar-refractivity contribution is 7.99. The van der Waals surface area contributed by atoms with E-state index in [1.165, 1.54) is 17.5 Å². The summed E-state index contributed by atoms with van der Waals surface area (Å²) in [5, 5.41) is 5.43. The van der Waals surface area contributed by atoms with E-state index in [1.807, 2.05) is 11.7 Å². The molecule has 1 aromatic heterocycles. The van der Waals surface area contributed by atoms with Gasteiger partial charge in [-0.2, -0.15) is 5.10 Å². The van der Waals surface area contributed by atoms with Crippen molar-refractivity contribution in [1.82, 2.24) is 14.8 Å². The average Bonchev–Trinajstić information content (AvgIpc) is 2.75. The van der Waals surface area contributed by atoms with E-state index in [4.69, 9.17) is 5.73 Å². The van der Waals surface area contributed by atoms with Crippen LogP contribution in [0.1, 0.15) is 30.0 Å². The fourth-order valence-electron chi connectivity index (χ4n) is 2.62. The highest BCUT2D eigenvalue weighted by atomic mass is 32.2. The van der Waals surface area contributed by atoms with Crippen molar-refractivity contribution >= 4 is 11.8 Å². The van der Waals surface area contributed by atoms with Gasteiger partial charge >= 0.3 is 0 Å². The third-order valence-electron chi connectivity index (χ3n) is 3.68. The van der Waals surface area contributed by atoms with Gasteiger partial charge in [-0.3, -0.25) is 0 Å². The quantitative estimate of drug-likeness (QED) is 0.854. The summed E-state index contributed by atoms with van der Waals surface area (Å²) >= 11 is 1.75. The van der Waals surface area contributed by atoms with Crippen LogP contribution in [0.4, 0.5) is 0 Å². The lowest BCUT2D eigenvalue weighted by molar-refractivity contribution is 0.622. The molecule has 2 atom stereocenters. The first-order chi connectivity index (χ1) is 9.25. The Morgan fingerprint density at radius 2 is 2.21 bits per heavy atom. The zero-order chi connectivity index (χ0) is 13.2. The first-order valence-corrected chi connectivity index (χ1v) is 7.47. The molecule has 0 fully saturated rings. The van der Waals surface area contributed by atoms with Gasteiger partial charge in [0.2, 0.25) is 0 Å². The number of hydrogen-bond donors (Lipinski definition) is 1. The zero-order valence-electron chi connectivity index (χ0n) is 11.0. The summed E-state index contributed by atoms with van der Waals surface area (Å²) in [7, 11) is 1.92. The molecule has 0 saturated heterocycles. The Balaban J connectivity index is 1.86. The molecule has 0 aliphatic heterocycles. The molecule has 0 saturated carbocycles. The van der Waals surface area contributed by atoms with Crippen molar-refractivity contribution in [2.75, 3.05) is 0 Å². The van der Waals surface area contributed by atoms with Crippen LogP contribution in [0.25, 0.3) is 0 Å². The van der Waals surface area contributed by atoms with E-state index in [9.17, 15) is 0 Å². The molecule has 0 bridgehead atoms. The molecular weight excluding hydrogens is 256 g/mol. The van der Waals surface area contributed by atoms with Gasteiger partial charge in [0, 0.05) is 18.3 Å². The van der Waals surface area contributed by atoms with Crippen molar-refractivity contribution in [3.8, 4) is 0 Å². The summed E-state index contributed by atoms with van der Waals surface area (Å²) in [5.74, 6) is 0. The number of nitrogens with two attached hydrogens (primary N) is 1. The molecule has 3 rings (SSSR count). The van der Waals surface area contributed by atoms with Crippen molar-refractivity contribution in [3.05, 3.63) is 41.7 Å². The molecular formula is C14H18N4S. The number of fused-ring (bicyclic) bond motifs is 1. The van der Waals surface area contributed by atoms with Crippen LogP contribution in [0.3, 0.4) is 0 Å². The predicted octanol–water partition coefficient (Wildman–Crippen LogP) is 2.31. The summed E-state index contributed by atoms with van der Waals surface area (Å²) in [6.07, 6.45) is 5.02. The molecule has 4 nitrogen and oxygen atoms in total. The van der Waals surface area contributed by atoms with Gasteiger partial charge in [0.15, 0.2) is 5.16 Å². The monoisotopic (exact) mass is 274 g/mol. The number of aryl methyl sites for hydroxylation is 2. The van der Waals surface area contributed by atoms with Crippen molar-refractivity contribution < 1.29 is 0 Å². The maximum absolute atomic E-state index is 6.48. The van der Waals surface area contributed by atoms with Crippen LogP contribution in [0.2, 0.25) is 0 Å². The predicted molar refractivity (Wildman–Crippen MR) is 77.0 cm³/mol. The molecule has 0 radical (unpaired) electrons. The number of aromatic nitrogens is 3. The molecule has 1 aliphatic rings. The van der Waals surface area contributed by atoms with Gasteiger partial charge in [0.25, 0.3) is 0 Å². The van der Waals surface area contributed by atoms with Gasteiger partial charge in [-0.15, -0.1) is 0 Å². The molecule has 1 heterocycles. The van der Waals surface area contributed by atoms with Gasteiger partial charge in [-0.1, -0.05) is 36.0 Å². The van der Waals surface area contributed by atoms with E-state index < -0.39 is 0 Å². The Bertz CT molecular complexity index is 566. The van der Waals surface area contributed by atoms with Crippen LogP contribution in [-0.4, -0.2) is 20.0 Å². The maximum Gasteiger partial charge on any atom is 0.186 e. The lowest BCUT2D eigenvalue weighted by Gasteiger charge is -2.21. The molecule has 0 spiro atoms. The second-order valence-electron chi connectivity index (χ2n) is 4.94. The number of hydrogen-bond acceptors (Lipinski definition) is 4. The van der Waals surface area contributed by atoms with Gasteiger partial charge in [0.05, 0.1) is 0 Å². The summed E-state index contributed by atoms with van der Waals surface area (Å²) in [6.45, 7) is 0. The van der Waals surface area contributed by atoms with E-state index in [1.54, 1.807) is 18.1 Å². The molecule has 1 aromatic carbocycles. The molecule has 1 aliphatic carbocycles. The summed E-state index contributed by atoms with van der Waals surface area (Å²) in [6, 6.07) is 8.61. The van der Waals surface area contributed by atoms with Crippen LogP contribution in [0.5, 0.6) is 0 Å². The SMILES string of the molecule is Cn1ncnc1SC1CCCc2ccccc2C1N. The van der Waals surface area contributed by atoms with E-state index >= 15 is 0 Å². The average molecular weight is 274 g/mol. The van der Waals surface area contributed by atoms with Gasteiger partial charge in [0.1, 0.15) is 6.33 Å². The molecule has 0 amide bonds. The number of rotatable bonds is 2. The highest BCUT2D eigenvalue weighted by Gasteiger charge is 2.26. The van der Waals surface area contributed by atoms with Crippen LogP contribution in [0.15, 0.2) is 35.7 Å². The van der Waals surface area contributed by atoms with Crippen LogP contribution in [-0.2, 0) is 13.5 Å². The summed E-state index contributed by atoms with van der Waals surface area (Å²) in [4.78, 5) is 4.29. The maximum atomic E-state index is 6.48. The van der Waals surface area contributed by atoms with Gasteiger partial charge in [-0.05, 0) is 30.4 Å². The first-order valence-electron chi connectivity index (χ1n) is 6.60. The normalized spacial score (nSPS) is 22.8. The van der Waals surface area contributed by atoms with Crippen molar-refractivity contribution in [3.63, 3.8) is 0 Å². The summed E-state index contributed by atoms with van der Waals surface area (Å²) < 4.78 is 1.81. The number of nitrogens with zero attached hydrogens (tertiary/aromatic N) is 3. The second kappa shape index (κ2) is 5.35. The van der Waals surface area contributed by atoms with Gasteiger partial charge in [-0.25, -0.2) is 9.67 Å². The third kappa shape index (κ3) is 2.53. The largest absolute Gasteiger partial charge is 0.323 e. The van der Waals surface area contributed by atoms with E-state index in [0.29, 0.717) is 5.25 Å². The van der Waals surface area contributed by atoms with Crippen molar-refractivity contribution in [2.45, 2.75) is 35.7 Å². The fourth-order valence-corrected chi connectivity index (χ4v) is 3.78. The smallest absolute Gasteiger partial charge is 0.186 e. The Labute approximate surface area is 117 Å². The number of benzene rings is 1. The highest BCUT2D eigenvalue weighted by Crippen LogP contribution is 2.36. The molecule has 2 N–H and O–H groups in total. The minimum absolute atomic E-state index is 0.0698. The molecule has 100 valence electrons. The Morgan fingerprint density at radius 1 is 1.37 bits per heavy atom. The Hall–Kier alpha value is -1.33. The first kappa shape index (κ1) is 12.7. The Kier molecular flexibility index (Phi) is 3.57. The van der Waals surface area contributed by atoms with Crippen molar-refractivity contribution in [1.29, 1.82) is 0 Å². The zero-order valence-corrected chi connectivity index (χ0v) is 11.8. The van der Waals surface area contributed by atoms with Crippen LogP contribution >= 0.6 is 11.8 Å². The van der Waals surface area contributed by atoms with Crippen LogP contribution in [0, 0.1) is 0 Å². The molecule has 2 aromatic rings. The fraction of sp³-hybridized carbons (Fsp3) is 0.429. The lowest BCUT2D eigenvalue weighted by Crippen LogP contribution is -2.23. The van der Waals surface area contributed by atoms with E-state index in [2.05, 4.69) is 34.3 Å². The Morgan fingerprint density at radius 3 is 3.00 bits per heavy atom. The minimum atomic E-state index is 0.0698. The van der Waals surface area contributed by atoms with E-state index in [-0.39, 0.29) is 6.04 Å². The van der Waals surface area contributed by atoms with Crippen LogP contribution < -0.4 is 5.73 Å². The van der Waals surface area contributed by atoms with Crippen molar-refractivity contribution in [2.24, 2.45) is 12.8 Å². The van der Waals surface area contributed by atoms with Gasteiger partial charge < -0.3 is 5.73 Å².